The Labute approximate surface area is 137 Å². The summed E-state index contributed by atoms with van der Waals surface area (Å²) in [6.45, 7) is 2.64. The van der Waals surface area contributed by atoms with Crippen LogP contribution < -0.4 is 15.0 Å². The van der Waals surface area contributed by atoms with Crippen LogP contribution >= 0.6 is 0 Å². The normalized spacial score (nSPS) is 23.9. The number of anilines is 1. The summed E-state index contributed by atoms with van der Waals surface area (Å²) < 4.78 is 5.42. The summed E-state index contributed by atoms with van der Waals surface area (Å²) >= 11 is 0. The van der Waals surface area contributed by atoms with Gasteiger partial charge in [0.1, 0.15) is 5.75 Å². The topological polar surface area (TPSA) is 58.6 Å². The third-order valence-corrected chi connectivity index (χ3v) is 4.83. The van der Waals surface area contributed by atoms with Crippen molar-refractivity contribution in [1.29, 1.82) is 0 Å². The molecule has 0 spiro atoms. The van der Waals surface area contributed by atoms with Gasteiger partial charge in [-0.25, -0.2) is 0 Å². The molecular weight excluding hydrogens is 292 g/mol. The summed E-state index contributed by atoms with van der Waals surface area (Å²) in [5, 5.41) is 3.14. The number of hydrogen-bond acceptors (Lipinski definition) is 3. The van der Waals surface area contributed by atoms with E-state index >= 15 is 0 Å². The highest BCUT2D eigenvalue weighted by Gasteiger charge is 2.27. The van der Waals surface area contributed by atoms with Crippen molar-refractivity contribution in [1.82, 2.24) is 5.32 Å². The van der Waals surface area contributed by atoms with Crippen LogP contribution in [-0.4, -0.2) is 31.0 Å². The third-order valence-electron chi connectivity index (χ3n) is 4.83. The van der Waals surface area contributed by atoms with Crippen molar-refractivity contribution in [3.8, 4) is 5.75 Å². The highest BCUT2D eigenvalue weighted by molar-refractivity contribution is 5.98. The zero-order chi connectivity index (χ0) is 16.2. The van der Waals surface area contributed by atoms with Crippen LogP contribution in [0.4, 0.5) is 5.69 Å². The molecule has 0 radical (unpaired) electrons. The standard InChI is InChI=1S/C18H24N2O3/c1-13-6-2-3-7-14(13)19-17(21)10-11-20-15-8-4-5-9-16(15)23-12-18(20)22/h4-5,8-9,13-14H,2-3,6-7,10-12H2,1H3,(H,19,21)/t13-,14+/m1/s1. The van der Waals surface area contributed by atoms with Gasteiger partial charge in [-0.15, -0.1) is 0 Å². The van der Waals surface area contributed by atoms with E-state index in [4.69, 9.17) is 4.74 Å². The predicted molar refractivity (Wildman–Crippen MR) is 88.5 cm³/mol. The maximum atomic E-state index is 12.2. The van der Waals surface area contributed by atoms with Gasteiger partial charge < -0.3 is 15.0 Å². The average Bonchev–Trinajstić information content (AvgIpc) is 2.56. The number of carbonyl (C=O) groups is 2. The molecule has 2 amide bonds. The molecule has 1 heterocycles. The number of hydrogen-bond donors (Lipinski definition) is 1. The molecule has 0 aromatic heterocycles. The Kier molecular flexibility index (Phi) is 4.84. The lowest BCUT2D eigenvalue weighted by atomic mass is 9.86. The van der Waals surface area contributed by atoms with Crippen molar-refractivity contribution in [2.75, 3.05) is 18.1 Å². The molecule has 1 aromatic rings. The van der Waals surface area contributed by atoms with Gasteiger partial charge in [0.15, 0.2) is 6.61 Å². The maximum absolute atomic E-state index is 12.2. The SMILES string of the molecule is C[C@@H]1CCCC[C@@H]1NC(=O)CCN1C(=O)COc2ccccc21. The summed E-state index contributed by atoms with van der Waals surface area (Å²) in [5.41, 5.74) is 0.752. The van der Waals surface area contributed by atoms with Gasteiger partial charge in [-0.05, 0) is 30.9 Å². The first kappa shape index (κ1) is 15.8. The summed E-state index contributed by atoms with van der Waals surface area (Å²) in [6, 6.07) is 7.73. The van der Waals surface area contributed by atoms with Crippen molar-refractivity contribution in [2.24, 2.45) is 5.92 Å². The van der Waals surface area contributed by atoms with Crippen molar-refractivity contribution >= 4 is 17.5 Å². The Morgan fingerprint density at radius 2 is 2.09 bits per heavy atom. The second kappa shape index (κ2) is 7.02. The molecule has 5 nitrogen and oxygen atoms in total. The maximum Gasteiger partial charge on any atom is 0.265 e. The molecule has 0 unspecified atom stereocenters. The second-order valence-electron chi connectivity index (χ2n) is 6.49. The Morgan fingerprint density at radius 3 is 2.91 bits per heavy atom. The molecule has 0 bridgehead atoms. The molecule has 3 rings (SSSR count). The fourth-order valence-electron chi connectivity index (χ4n) is 3.42. The summed E-state index contributed by atoms with van der Waals surface area (Å²) in [7, 11) is 0. The van der Waals surface area contributed by atoms with Crippen molar-refractivity contribution in [3.05, 3.63) is 24.3 Å². The van der Waals surface area contributed by atoms with Gasteiger partial charge in [0.2, 0.25) is 5.91 Å². The van der Waals surface area contributed by atoms with E-state index < -0.39 is 0 Å². The smallest absolute Gasteiger partial charge is 0.265 e. The molecule has 2 aliphatic rings. The van der Waals surface area contributed by atoms with Crippen LogP contribution in [0, 0.1) is 5.92 Å². The molecule has 1 aromatic carbocycles. The van der Waals surface area contributed by atoms with Crippen LogP contribution in [0.3, 0.4) is 0 Å². The van der Waals surface area contributed by atoms with Crippen molar-refractivity contribution in [3.63, 3.8) is 0 Å². The van der Waals surface area contributed by atoms with Crippen molar-refractivity contribution in [2.45, 2.75) is 45.1 Å². The number of nitrogens with zero attached hydrogens (tertiary/aromatic N) is 1. The van der Waals surface area contributed by atoms with Crippen LogP contribution in [0.2, 0.25) is 0 Å². The number of benzene rings is 1. The molecule has 23 heavy (non-hydrogen) atoms. The fourth-order valence-corrected chi connectivity index (χ4v) is 3.42. The highest BCUT2D eigenvalue weighted by Crippen LogP contribution is 2.31. The number of carbonyl (C=O) groups excluding carboxylic acids is 2. The van der Waals surface area contributed by atoms with Gasteiger partial charge in [-0.3, -0.25) is 9.59 Å². The molecule has 5 heteroatoms. The first-order valence-corrected chi connectivity index (χ1v) is 8.46. The molecule has 1 saturated carbocycles. The van der Waals surface area contributed by atoms with E-state index in [-0.39, 0.29) is 24.5 Å². The molecule has 1 fully saturated rings. The lowest BCUT2D eigenvalue weighted by Gasteiger charge is -2.31. The minimum Gasteiger partial charge on any atom is -0.482 e. The van der Waals surface area contributed by atoms with Gasteiger partial charge in [0.25, 0.3) is 5.91 Å². The monoisotopic (exact) mass is 316 g/mol. The number of ether oxygens (including phenoxy) is 1. The van der Waals surface area contributed by atoms with E-state index in [9.17, 15) is 9.59 Å². The third kappa shape index (κ3) is 3.66. The number of para-hydroxylation sites is 2. The summed E-state index contributed by atoms with van der Waals surface area (Å²) in [4.78, 5) is 26.0. The summed E-state index contributed by atoms with van der Waals surface area (Å²) in [5.74, 6) is 1.18. The molecule has 1 N–H and O–H groups in total. The predicted octanol–water partition coefficient (Wildman–Crippen LogP) is 2.50. The Balaban J connectivity index is 1.57. The minimum atomic E-state index is -0.0949. The Hall–Kier alpha value is -2.04. The van der Waals surface area contributed by atoms with Crippen LogP contribution in [0.15, 0.2) is 24.3 Å². The lowest BCUT2D eigenvalue weighted by Crippen LogP contribution is -2.44. The molecule has 2 atom stereocenters. The average molecular weight is 316 g/mol. The van der Waals surface area contributed by atoms with E-state index in [1.54, 1.807) is 4.90 Å². The second-order valence-corrected chi connectivity index (χ2v) is 6.49. The minimum absolute atomic E-state index is 0.0283. The summed E-state index contributed by atoms with van der Waals surface area (Å²) in [6.07, 6.45) is 5.01. The van der Waals surface area contributed by atoms with Gasteiger partial charge in [0.05, 0.1) is 5.69 Å². The largest absolute Gasteiger partial charge is 0.482 e. The van der Waals surface area contributed by atoms with Gasteiger partial charge in [-0.2, -0.15) is 0 Å². The highest BCUT2D eigenvalue weighted by atomic mass is 16.5. The molecule has 0 saturated heterocycles. The Morgan fingerprint density at radius 1 is 1.30 bits per heavy atom. The number of fused-ring (bicyclic) bond motifs is 1. The number of rotatable bonds is 4. The van der Waals surface area contributed by atoms with Gasteiger partial charge in [0, 0.05) is 19.0 Å². The zero-order valence-electron chi connectivity index (χ0n) is 13.6. The zero-order valence-corrected chi connectivity index (χ0v) is 13.6. The Bertz CT molecular complexity index is 587. The van der Waals surface area contributed by atoms with E-state index in [0.29, 0.717) is 24.6 Å². The molecule has 124 valence electrons. The van der Waals surface area contributed by atoms with E-state index in [0.717, 1.165) is 12.1 Å². The van der Waals surface area contributed by atoms with Gasteiger partial charge >= 0.3 is 0 Å². The quantitative estimate of drug-likeness (QED) is 0.928. The molecule has 1 aliphatic carbocycles. The molecule has 1 aliphatic heterocycles. The first-order valence-electron chi connectivity index (χ1n) is 8.46. The van der Waals surface area contributed by atoms with Gasteiger partial charge in [-0.1, -0.05) is 31.9 Å². The van der Waals surface area contributed by atoms with Crippen LogP contribution in [0.1, 0.15) is 39.0 Å². The van der Waals surface area contributed by atoms with E-state index in [1.165, 1.54) is 19.3 Å². The van der Waals surface area contributed by atoms with E-state index in [2.05, 4.69) is 12.2 Å². The molecular formula is C18H24N2O3. The number of amides is 2. The lowest BCUT2D eigenvalue weighted by molar-refractivity contribution is -0.122. The van der Waals surface area contributed by atoms with Crippen LogP contribution in [0.25, 0.3) is 0 Å². The van der Waals surface area contributed by atoms with Crippen LogP contribution in [0.5, 0.6) is 5.75 Å². The number of nitrogens with one attached hydrogen (secondary N) is 1. The van der Waals surface area contributed by atoms with E-state index in [1.807, 2.05) is 24.3 Å². The first-order chi connectivity index (χ1) is 11.1. The van der Waals surface area contributed by atoms with Crippen LogP contribution in [-0.2, 0) is 9.59 Å². The fraction of sp³-hybridized carbons (Fsp3) is 0.556. The van der Waals surface area contributed by atoms with Crippen molar-refractivity contribution < 1.29 is 14.3 Å².